The molecule has 0 aliphatic carbocycles. The third kappa shape index (κ3) is 6.83. The molecule has 2 heterocycles. The van der Waals surface area contributed by atoms with E-state index in [0.717, 1.165) is 10.9 Å². The van der Waals surface area contributed by atoms with Crippen LogP contribution < -0.4 is 10.6 Å². The summed E-state index contributed by atoms with van der Waals surface area (Å²) in [6.45, 7) is 0.785. The normalized spacial score (nSPS) is 13.2. The molecule has 0 unspecified atom stereocenters. The molecule has 0 aliphatic rings. The molecule has 0 radical (unpaired) electrons. The molecule has 0 spiro atoms. The molecule has 222 valence electrons. The summed E-state index contributed by atoms with van der Waals surface area (Å²) in [7, 11) is 0. The standard InChI is InChI=1S/C23H17ClF9N5O3/c1-11(35-19(39)14-9-38(37-16(14)17(25)26)18-15(24)3-2-8-34-18)10-41-20(40)36-13-6-4-12(5-7-13)21(27,22(28,29)30)23(31,32)33/h2-9,11,17H,10H2,1H3,(H,35,39)(H,36,40)/t11-/m0/s1. The Morgan fingerprint density at radius 2 is 1.63 bits per heavy atom. The SMILES string of the molecule is C[C@@H](COC(=O)Nc1ccc(C(F)(C(F)(F)F)C(F)(F)F)cc1)NC(=O)c1cn(-c2ncccc2Cl)nc1C(F)F. The van der Waals surface area contributed by atoms with E-state index in [1.807, 2.05) is 5.32 Å². The highest BCUT2D eigenvalue weighted by molar-refractivity contribution is 6.32. The van der Waals surface area contributed by atoms with Gasteiger partial charge in [-0.3, -0.25) is 10.1 Å². The molecule has 18 heteroatoms. The summed E-state index contributed by atoms with van der Waals surface area (Å²) in [6.07, 6.45) is -14.7. The Morgan fingerprint density at radius 3 is 2.17 bits per heavy atom. The molecule has 0 saturated carbocycles. The van der Waals surface area contributed by atoms with Gasteiger partial charge in [-0.05, 0) is 31.2 Å². The zero-order chi connectivity index (χ0) is 30.8. The van der Waals surface area contributed by atoms with E-state index >= 15 is 0 Å². The minimum Gasteiger partial charge on any atom is -0.447 e. The second-order valence-electron chi connectivity index (χ2n) is 8.31. The summed E-state index contributed by atoms with van der Waals surface area (Å²) in [5, 5.41) is 8.02. The Hall–Kier alpha value is -4.02. The van der Waals surface area contributed by atoms with E-state index in [4.69, 9.17) is 16.3 Å². The van der Waals surface area contributed by atoms with Gasteiger partial charge in [0.1, 0.15) is 12.3 Å². The third-order valence-electron chi connectivity index (χ3n) is 5.30. The summed E-state index contributed by atoms with van der Waals surface area (Å²) in [5.41, 5.74) is -9.16. The van der Waals surface area contributed by atoms with Crippen molar-refractivity contribution < 1.29 is 53.8 Å². The van der Waals surface area contributed by atoms with Crippen molar-refractivity contribution in [1.82, 2.24) is 20.1 Å². The van der Waals surface area contributed by atoms with Crippen LogP contribution in [0.15, 0.2) is 48.8 Å². The number of benzene rings is 1. The van der Waals surface area contributed by atoms with E-state index < -0.39 is 65.9 Å². The van der Waals surface area contributed by atoms with E-state index in [9.17, 15) is 49.1 Å². The van der Waals surface area contributed by atoms with Crippen LogP contribution in [0.25, 0.3) is 5.82 Å². The second-order valence-corrected chi connectivity index (χ2v) is 8.72. The van der Waals surface area contributed by atoms with Crippen LogP contribution in [-0.4, -0.2) is 51.8 Å². The first-order chi connectivity index (χ1) is 19.0. The smallest absolute Gasteiger partial charge is 0.435 e. The molecular formula is C23H17ClF9N5O3. The molecule has 2 amide bonds. The summed E-state index contributed by atoms with van der Waals surface area (Å²) in [6, 6.07) is 3.49. The Bertz CT molecular complexity index is 1380. The average Bonchev–Trinajstić information content (AvgIpc) is 3.32. The first kappa shape index (κ1) is 31.5. The lowest BCUT2D eigenvalue weighted by Crippen LogP contribution is -2.50. The maximum Gasteiger partial charge on any atom is 0.435 e. The van der Waals surface area contributed by atoms with Crippen LogP contribution in [0.5, 0.6) is 0 Å². The minimum atomic E-state index is -6.31. The minimum absolute atomic E-state index is 0.0229. The fourth-order valence-electron chi connectivity index (χ4n) is 3.35. The van der Waals surface area contributed by atoms with E-state index in [1.54, 1.807) is 0 Å². The van der Waals surface area contributed by atoms with Gasteiger partial charge in [-0.25, -0.2) is 27.6 Å². The van der Waals surface area contributed by atoms with Gasteiger partial charge in [0.25, 0.3) is 12.3 Å². The van der Waals surface area contributed by atoms with Crippen LogP contribution in [-0.2, 0) is 10.4 Å². The van der Waals surface area contributed by atoms with Gasteiger partial charge in [-0.1, -0.05) is 23.7 Å². The summed E-state index contributed by atoms with van der Waals surface area (Å²) < 4.78 is 124. The van der Waals surface area contributed by atoms with Gasteiger partial charge in [0.05, 0.1) is 16.6 Å². The summed E-state index contributed by atoms with van der Waals surface area (Å²) >= 11 is 5.98. The molecule has 0 saturated heterocycles. The Morgan fingerprint density at radius 1 is 1.02 bits per heavy atom. The molecule has 0 bridgehead atoms. The van der Waals surface area contributed by atoms with Crippen LogP contribution in [0, 0.1) is 0 Å². The van der Waals surface area contributed by atoms with Gasteiger partial charge in [-0.15, -0.1) is 0 Å². The van der Waals surface area contributed by atoms with Crippen molar-refractivity contribution in [3.8, 4) is 5.82 Å². The van der Waals surface area contributed by atoms with Gasteiger partial charge in [0.15, 0.2) is 5.82 Å². The van der Waals surface area contributed by atoms with Crippen molar-refractivity contribution in [1.29, 1.82) is 0 Å². The predicted octanol–water partition coefficient (Wildman–Crippen LogP) is 6.51. The number of hydrogen-bond acceptors (Lipinski definition) is 5. The predicted molar refractivity (Wildman–Crippen MR) is 125 cm³/mol. The van der Waals surface area contributed by atoms with Crippen LogP contribution in [0.4, 0.5) is 50.0 Å². The Balaban J connectivity index is 1.62. The Kier molecular flexibility index (Phi) is 9.10. The van der Waals surface area contributed by atoms with Gasteiger partial charge < -0.3 is 10.1 Å². The molecule has 0 aliphatic heterocycles. The maximum atomic E-state index is 14.1. The third-order valence-corrected chi connectivity index (χ3v) is 5.60. The molecule has 2 N–H and O–H groups in total. The molecule has 3 aromatic rings. The van der Waals surface area contributed by atoms with Crippen LogP contribution in [0.1, 0.15) is 35.0 Å². The number of aromatic nitrogens is 3. The second kappa shape index (κ2) is 11.8. The number of ether oxygens (including phenoxy) is 1. The van der Waals surface area contributed by atoms with Crippen molar-refractivity contribution in [2.24, 2.45) is 0 Å². The van der Waals surface area contributed by atoms with E-state index in [-0.39, 0.29) is 28.7 Å². The molecule has 41 heavy (non-hydrogen) atoms. The van der Waals surface area contributed by atoms with Gasteiger partial charge in [0.2, 0.25) is 0 Å². The van der Waals surface area contributed by atoms with Crippen molar-refractivity contribution >= 4 is 29.3 Å². The number of hydrogen-bond donors (Lipinski definition) is 2. The number of alkyl halides is 9. The lowest BCUT2D eigenvalue weighted by molar-refractivity contribution is -0.348. The number of carbonyl (C=O) groups excluding carboxylic acids is 2. The molecule has 3 rings (SSSR count). The maximum absolute atomic E-state index is 14.1. The largest absolute Gasteiger partial charge is 0.447 e. The van der Waals surface area contributed by atoms with Crippen molar-refractivity contribution in [3.05, 3.63) is 70.6 Å². The lowest BCUT2D eigenvalue weighted by Gasteiger charge is -2.30. The molecular weight excluding hydrogens is 601 g/mol. The summed E-state index contributed by atoms with van der Waals surface area (Å²) in [5.74, 6) is -1.04. The van der Waals surface area contributed by atoms with Gasteiger partial charge in [-0.2, -0.15) is 31.4 Å². The number of halogens is 10. The highest BCUT2D eigenvalue weighted by Crippen LogP contribution is 2.53. The molecule has 0 fully saturated rings. The fourth-order valence-corrected chi connectivity index (χ4v) is 3.56. The topological polar surface area (TPSA) is 98.1 Å². The van der Waals surface area contributed by atoms with Crippen molar-refractivity contribution in [2.45, 2.75) is 37.4 Å². The van der Waals surface area contributed by atoms with Crippen LogP contribution in [0.3, 0.4) is 0 Å². The zero-order valence-corrected chi connectivity index (χ0v) is 21.1. The highest BCUT2D eigenvalue weighted by Gasteiger charge is 2.73. The fraction of sp³-hybridized carbons (Fsp3) is 0.304. The molecule has 1 atom stereocenters. The molecule has 8 nitrogen and oxygen atoms in total. The zero-order valence-electron chi connectivity index (χ0n) is 20.3. The number of pyridine rings is 1. The van der Waals surface area contributed by atoms with Gasteiger partial charge >= 0.3 is 24.1 Å². The number of amides is 2. The average molecular weight is 618 g/mol. The first-order valence-electron chi connectivity index (χ1n) is 11.1. The molecule has 2 aromatic heterocycles. The monoisotopic (exact) mass is 617 g/mol. The van der Waals surface area contributed by atoms with Crippen LogP contribution in [0.2, 0.25) is 5.02 Å². The van der Waals surface area contributed by atoms with E-state index in [2.05, 4.69) is 15.4 Å². The van der Waals surface area contributed by atoms with E-state index in [0.29, 0.717) is 12.1 Å². The first-order valence-corrected chi connectivity index (χ1v) is 11.5. The number of nitrogens with one attached hydrogen (secondary N) is 2. The van der Waals surface area contributed by atoms with Gasteiger partial charge in [0, 0.05) is 23.6 Å². The lowest BCUT2D eigenvalue weighted by atomic mass is 9.94. The van der Waals surface area contributed by atoms with E-state index in [1.165, 1.54) is 25.3 Å². The summed E-state index contributed by atoms with van der Waals surface area (Å²) in [4.78, 5) is 28.5. The Labute approximate surface area is 229 Å². The number of carbonyl (C=O) groups is 2. The van der Waals surface area contributed by atoms with Crippen molar-refractivity contribution in [2.75, 3.05) is 11.9 Å². The highest BCUT2D eigenvalue weighted by atomic mass is 35.5. The molecule has 1 aromatic carbocycles. The van der Waals surface area contributed by atoms with Crippen molar-refractivity contribution in [3.63, 3.8) is 0 Å². The quantitative estimate of drug-likeness (QED) is 0.281. The van der Waals surface area contributed by atoms with Crippen LogP contribution >= 0.6 is 11.6 Å². The number of rotatable bonds is 8. The number of anilines is 1. The number of nitrogens with zero attached hydrogens (tertiary/aromatic N) is 3.